The molecule has 2 aromatic rings. The number of rotatable bonds is 7. The minimum absolute atomic E-state index is 0.102. The lowest BCUT2D eigenvalue weighted by atomic mass is 10.1. The summed E-state index contributed by atoms with van der Waals surface area (Å²) in [4.78, 5) is 0. The van der Waals surface area contributed by atoms with Crippen LogP contribution in [-0.2, 0) is 4.74 Å². The number of hydrogen-bond acceptors (Lipinski definition) is 2. The van der Waals surface area contributed by atoms with Gasteiger partial charge in [-0.15, -0.1) is 0 Å². The van der Waals surface area contributed by atoms with Gasteiger partial charge in [-0.2, -0.15) is 0 Å². The molecule has 106 valence electrons. The maximum absolute atomic E-state index is 12.9. The van der Waals surface area contributed by atoms with Crippen molar-refractivity contribution in [1.29, 1.82) is 0 Å². The molecule has 1 unspecified atom stereocenters. The van der Waals surface area contributed by atoms with Crippen molar-refractivity contribution >= 4 is 15.9 Å². The molecule has 2 nitrogen and oxygen atoms in total. The predicted octanol–water partition coefficient (Wildman–Crippen LogP) is 4.36. The van der Waals surface area contributed by atoms with Crippen molar-refractivity contribution in [2.45, 2.75) is 6.10 Å². The first-order chi connectivity index (χ1) is 9.79. The summed E-state index contributed by atoms with van der Waals surface area (Å²) in [5.74, 6) is 0.586. The molecule has 0 amide bonds. The van der Waals surface area contributed by atoms with Crippen molar-refractivity contribution < 1.29 is 13.9 Å². The molecule has 0 spiro atoms. The van der Waals surface area contributed by atoms with Gasteiger partial charge in [0.2, 0.25) is 0 Å². The molecule has 0 aliphatic carbocycles. The molecule has 0 saturated heterocycles. The van der Waals surface area contributed by atoms with E-state index in [1.54, 1.807) is 12.1 Å². The summed E-state index contributed by atoms with van der Waals surface area (Å²) < 4.78 is 24.2. The lowest BCUT2D eigenvalue weighted by Gasteiger charge is -2.16. The summed E-state index contributed by atoms with van der Waals surface area (Å²) in [7, 11) is 0. The van der Waals surface area contributed by atoms with Crippen LogP contribution in [0.4, 0.5) is 4.39 Å². The van der Waals surface area contributed by atoms with Crippen LogP contribution in [0.5, 0.6) is 5.75 Å². The summed E-state index contributed by atoms with van der Waals surface area (Å²) >= 11 is 3.41. The molecule has 0 fully saturated rings. The minimum Gasteiger partial charge on any atom is -0.491 e. The highest BCUT2D eigenvalue weighted by Crippen LogP contribution is 2.20. The molecular formula is C16H16BrFO2. The van der Waals surface area contributed by atoms with E-state index in [1.165, 1.54) is 12.1 Å². The van der Waals surface area contributed by atoms with Crippen molar-refractivity contribution in [3.63, 3.8) is 0 Å². The van der Waals surface area contributed by atoms with Crippen LogP contribution in [0.1, 0.15) is 11.7 Å². The highest BCUT2D eigenvalue weighted by Gasteiger charge is 2.10. The lowest BCUT2D eigenvalue weighted by Crippen LogP contribution is -2.12. The molecule has 0 heterocycles. The van der Waals surface area contributed by atoms with Gasteiger partial charge in [-0.3, -0.25) is 0 Å². The summed E-state index contributed by atoms with van der Waals surface area (Å²) in [5, 5.41) is 0.657. The molecule has 0 saturated carbocycles. The van der Waals surface area contributed by atoms with E-state index < -0.39 is 0 Å². The Labute approximate surface area is 126 Å². The first kappa shape index (κ1) is 15.0. The Bertz CT molecular complexity index is 502. The normalized spacial score (nSPS) is 12.1. The zero-order valence-electron chi connectivity index (χ0n) is 11.0. The van der Waals surface area contributed by atoms with E-state index >= 15 is 0 Å². The van der Waals surface area contributed by atoms with Crippen LogP contribution in [-0.4, -0.2) is 18.5 Å². The van der Waals surface area contributed by atoms with Crippen molar-refractivity contribution in [3.05, 3.63) is 66.0 Å². The van der Waals surface area contributed by atoms with E-state index in [2.05, 4.69) is 15.9 Å². The van der Waals surface area contributed by atoms with Gasteiger partial charge in [-0.05, 0) is 29.8 Å². The molecule has 0 aliphatic rings. The first-order valence-corrected chi connectivity index (χ1v) is 7.52. The zero-order valence-corrected chi connectivity index (χ0v) is 12.6. The van der Waals surface area contributed by atoms with Crippen LogP contribution in [0.25, 0.3) is 0 Å². The quantitative estimate of drug-likeness (QED) is 0.551. The lowest BCUT2D eigenvalue weighted by molar-refractivity contribution is 0.0474. The fourth-order valence-corrected chi connectivity index (χ4v) is 2.33. The van der Waals surface area contributed by atoms with Gasteiger partial charge in [0.15, 0.2) is 0 Å². The molecule has 2 rings (SSSR count). The van der Waals surface area contributed by atoms with Crippen molar-refractivity contribution in [2.24, 2.45) is 0 Å². The smallest absolute Gasteiger partial charge is 0.123 e. The largest absolute Gasteiger partial charge is 0.491 e. The van der Waals surface area contributed by atoms with Gasteiger partial charge in [-0.25, -0.2) is 4.39 Å². The Kier molecular flexibility index (Phi) is 6.02. The Balaban J connectivity index is 1.78. The third-order valence-corrected chi connectivity index (χ3v) is 3.38. The van der Waals surface area contributed by atoms with Gasteiger partial charge in [0.1, 0.15) is 18.2 Å². The summed E-state index contributed by atoms with van der Waals surface area (Å²) in [6, 6.07) is 16.0. The van der Waals surface area contributed by atoms with Gasteiger partial charge in [0.05, 0.1) is 12.7 Å². The van der Waals surface area contributed by atoms with E-state index in [0.29, 0.717) is 18.5 Å². The SMILES string of the molecule is Fc1ccc(C(CBr)OCCOc2ccccc2)cc1. The first-order valence-electron chi connectivity index (χ1n) is 6.40. The third-order valence-electron chi connectivity index (χ3n) is 2.80. The van der Waals surface area contributed by atoms with E-state index in [1.807, 2.05) is 30.3 Å². The van der Waals surface area contributed by atoms with E-state index in [4.69, 9.17) is 9.47 Å². The second kappa shape index (κ2) is 8.02. The second-order valence-corrected chi connectivity index (χ2v) is 4.87. The Morgan fingerprint density at radius 2 is 1.65 bits per heavy atom. The molecular weight excluding hydrogens is 323 g/mol. The number of para-hydroxylation sites is 1. The highest BCUT2D eigenvalue weighted by atomic mass is 79.9. The second-order valence-electron chi connectivity index (χ2n) is 4.23. The molecule has 0 aromatic heterocycles. The molecule has 0 bridgehead atoms. The van der Waals surface area contributed by atoms with E-state index in [0.717, 1.165) is 11.3 Å². The van der Waals surface area contributed by atoms with E-state index in [9.17, 15) is 4.39 Å². The van der Waals surface area contributed by atoms with Crippen LogP contribution in [0.15, 0.2) is 54.6 Å². The minimum atomic E-state index is -0.241. The van der Waals surface area contributed by atoms with Gasteiger partial charge in [0.25, 0.3) is 0 Å². The van der Waals surface area contributed by atoms with Crippen molar-refractivity contribution in [1.82, 2.24) is 0 Å². The van der Waals surface area contributed by atoms with Gasteiger partial charge in [-0.1, -0.05) is 46.3 Å². The monoisotopic (exact) mass is 338 g/mol. The summed E-state index contributed by atoms with van der Waals surface area (Å²) in [5.41, 5.74) is 0.947. The maximum Gasteiger partial charge on any atom is 0.123 e. The highest BCUT2D eigenvalue weighted by molar-refractivity contribution is 9.09. The maximum atomic E-state index is 12.9. The number of halogens is 2. The van der Waals surface area contributed by atoms with Gasteiger partial charge < -0.3 is 9.47 Å². The van der Waals surface area contributed by atoms with Crippen molar-refractivity contribution in [3.8, 4) is 5.75 Å². The molecule has 0 aliphatic heterocycles. The number of ether oxygens (including phenoxy) is 2. The molecule has 2 aromatic carbocycles. The zero-order chi connectivity index (χ0) is 14.2. The number of alkyl halides is 1. The van der Waals surface area contributed by atoms with Crippen LogP contribution >= 0.6 is 15.9 Å². The van der Waals surface area contributed by atoms with Crippen LogP contribution in [0.3, 0.4) is 0 Å². The van der Waals surface area contributed by atoms with Gasteiger partial charge in [0, 0.05) is 5.33 Å². The summed E-state index contributed by atoms with van der Waals surface area (Å²) in [6.45, 7) is 0.956. The Morgan fingerprint density at radius 1 is 0.950 bits per heavy atom. The number of benzene rings is 2. The molecule has 1 atom stereocenters. The Morgan fingerprint density at radius 3 is 2.30 bits per heavy atom. The van der Waals surface area contributed by atoms with Gasteiger partial charge >= 0.3 is 0 Å². The van der Waals surface area contributed by atoms with Crippen LogP contribution in [0.2, 0.25) is 0 Å². The summed E-state index contributed by atoms with van der Waals surface area (Å²) in [6.07, 6.45) is -0.102. The molecule has 0 N–H and O–H groups in total. The molecule has 0 radical (unpaired) electrons. The fourth-order valence-electron chi connectivity index (χ4n) is 1.77. The molecule has 20 heavy (non-hydrogen) atoms. The standard InChI is InChI=1S/C16H16BrFO2/c17-12-16(13-6-8-14(18)9-7-13)20-11-10-19-15-4-2-1-3-5-15/h1-9,16H,10-12H2. The topological polar surface area (TPSA) is 18.5 Å². The fraction of sp³-hybridized carbons (Fsp3) is 0.250. The average Bonchev–Trinajstić information content (AvgIpc) is 2.50. The average molecular weight is 339 g/mol. The Hall–Kier alpha value is -1.39. The molecule has 4 heteroatoms. The van der Waals surface area contributed by atoms with E-state index in [-0.39, 0.29) is 11.9 Å². The van der Waals surface area contributed by atoms with Crippen LogP contribution in [0, 0.1) is 5.82 Å². The third kappa shape index (κ3) is 4.62. The van der Waals surface area contributed by atoms with Crippen molar-refractivity contribution in [2.75, 3.05) is 18.5 Å². The predicted molar refractivity (Wildman–Crippen MR) is 80.8 cm³/mol. The number of hydrogen-bond donors (Lipinski definition) is 0. The van der Waals surface area contributed by atoms with Crippen LogP contribution < -0.4 is 4.74 Å².